The Labute approximate surface area is 108 Å². The van der Waals surface area contributed by atoms with E-state index < -0.39 is 11.4 Å². The Bertz CT molecular complexity index is 439. The summed E-state index contributed by atoms with van der Waals surface area (Å²) in [6.07, 6.45) is 3.71. The van der Waals surface area contributed by atoms with Crippen molar-refractivity contribution in [1.82, 2.24) is 0 Å². The average Bonchev–Trinajstić information content (AvgIpc) is 2.74. The second-order valence-corrected chi connectivity index (χ2v) is 6.71. The van der Waals surface area contributed by atoms with E-state index in [0.717, 1.165) is 18.4 Å². The quantitative estimate of drug-likeness (QED) is 0.776. The minimum absolute atomic E-state index is 0.0393. The Hall–Kier alpha value is -0.670. The predicted molar refractivity (Wildman–Crippen MR) is 67.7 cm³/mol. The molecule has 2 bridgehead atoms. The minimum Gasteiger partial charge on any atom is -0.362 e. The van der Waals surface area contributed by atoms with E-state index in [1.807, 2.05) is 20.8 Å². The van der Waals surface area contributed by atoms with Crippen LogP contribution in [0.5, 0.6) is 0 Å². The molecule has 1 saturated heterocycles. The van der Waals surface area contributed by atoms with Crippen LogP contribution in [0.4, 0.5) is 0 Å². The number of aliphatic hydroxyl groups is 1. The number of fused-ring (bicyclic) bond motifs is 5. The maximum absolute atomic E-state index is 12.4. The second-order valence-electron chi connectivity index (χ2n) is 6.71. The average molecular weight is 250 g/mol. The van der Waals surface area contributed by atoms with Gasteiger partial charge in [-0.15, -0.1) is 0 Å². The van der Waals surface area contributed by atoms with Crippen LogP contribution in [0.1, 0.15) is 40.5 Å². The third kappa shape index (κ3) is 1.24. The maximum Gasteiger partial charge on any atom is 0.193 e. The normalized spacial score (nSPS) is 50.7. The molecule has 3 rings (SSSR count). The van der Waals surface area contributed by atoms with Gasteiger partial charge >= 0.3 is 0 Å². The molecule has 0 unspecified atom stereocenters. The fourth-order valence-corrected chi connectivity index (χ4v) is 4.39. The maximum atomic E-state index is 12.4. The molecule has 0 amide bonds. The van der Waals surface area contributed by atoms with Crippen molar-refractivity contribution in [3.63, 3.8) is 0 Å². The van der Waals surface area contributed by atoms with Crippen LogP contribution in [-0.2, 0) is 9.53 Å². The van der Waals surface area contributed by atoms with Gasteiger partial charge in [0.05, 0.1) is 0 Å². The number of hydrogen-bond acceptors (Lipinski definition) is 3. The first-order valence-electron chi connectivity index (χ1n) is 6.99. The molecule has 1 aliphatic carbocycles. The molecule has 5 atom stereocenters. The minimum atomic E-state index is -1.21. The van der Waals surface area contributed by atoms with Crippen molar-refractivity contribution in [1.29, 1.82) is 0 Å². The summed E-state index contributed by atoms with van der Waals surface area (Å²) in [5.41, 5.74) is -0.0334. The van der Waals surface area contributed by atoms with Gasteiger partial charge in [0.15, 0.2) is 11.6 Å². The van der Waals surface area contributed by atoms with Gasteiger partial charge in [-0.1, -0.05) is 20.8 Å². The highest BCUT2D eigenvalue weighted by molar-refractivity contribution is 5.99. The largest absolute Gasteiger partial charge is 0.362 e. The van der Waals surface area contributed by atoms with Crippen LogP contribution in [-0.4, -0.2) is 22.3 Å². The fourth-order valence-electron chi connectivity index (χ4n) is 4.39. The monoisotopic (exact) mass is 250 g/mol. The topological polar surface area (TPSA) is 46.5 Å². The van der Waals surface area contributed by atoms with Crippen LogP contribution in [0.3, 0.4) is 0 Å². The van der Waals surface area contributed by atoms with E-state index in [-0.39, 0.29) is 23.5 Å². The van der Waals surface area contributed by atoms with Gasteiger partial charge in [0, 0.05) is 11.8 Å². The Morgan fingerprint density at radius 1 is 1.44 bits per heavy atom. The molecule has 1 N–H and O–H groups in total. The summed E-state index contributed by atoms with van der Waals surface area (Å²) >= 11 is 0. The molecule has 0 aromatic heterocycles. The van der Waals surface area contributed by atoms with E-state index in [1.54, 1.807) is 6.08 Å². The van der Waals surface area contributed by atoms with Crippen LogP contribution < -0.4 is 0 Å². The molecule has 1 saturated carbocycles. The molecular weight excluding hydrogens is 228 g/mol. The molecule has 2 aliphatic heterocycles. The summed E-state index contributed by atoms with van der Waals surface area (Å²) in [5.74, 6) is -0.389. The summed E-state index contributed by atoms with van der Waals surface area (Å²) < 4.78 is 5.93. The predicted octanol–water partition coefficient (Wildman–Crippen LogP) is 2.29. The van der Waals surface area contributed by atoms with Gasteiger partial charge in [-0.3, -0.25) is 4.79 Å². The van der Waals surface area contributed by atoms with Gasteiger partial charge in [0.2, 0.25) is 0 Å². The van der Waals surface area contributed by atoms with E-state index >= 15 is 0 Å². The summed E-state index contributed by atoms with van der Waals surface area (Å²) in [6.45, 7) is 8.04. The van der Waals surface area contributed by atoms with Crippen LogP contribution in [0.15, 0.2) is 11.6 Å². The molecule has 0 spiro atoms. The fraction of sp³-hybridized carbons (Fsp3) is 0.800. The second kappa shape index (κ2) is 3.45. The van der Waals surface area contributed by atoms with Gasteiger partial charge in [-0.25, -0.2) is 0 Å². The first kappa shape index (κ1) is 12.4. The number of carbonyl (C=O) groups is 1. The first-order chi connectivity index (χ1) is 8.30. The van der Waals surface area contributed by atoms with Crippen molar-refractivity contribution >= 4 is 5.78 Å². The lowest BCUT2D eigenvalue weighted by Gasteiger charge is -2.39. The lowest BCUT2D eigenvalue weighted by Crippen LogP contribution is -2.48. The van der Waals surface area contributed by atoms with E-state index in [9.17, 15) is 9.90 Å². The molecule has 100 valence electrons. The van der Waals surface area contributed by atoms with E-state index in [4.69, 9.17) is 4.74 Å². The van der Waals surface area contributed by atoms with Gasteiger partial charge in [0.25, 0.3) is 0 Å². The number of hydrogen-bond donors (Lipinski definition) is 1. The molecule has 3 heteroatoms. The third-order valence-corrected chi connectivity index (χ3v) is 5.32. The van der Waals surface area contributed by atoms with E-state index in [2.05, 4.69) is 6.92 Å². The number of rotatable bonds is 1. The van der Waals surface area contributed by atoms with Crippen molar-refractivity contribution in [2.45, 2.75) is 51.9 Å². The summed E-state index contributed by atoms with van der Waals surface area (Å²) in [7, 11) is 0. The zero-order valence-electron chi connectivity index (χ0n) is 11.6. The Morgan fingerprint density at radius 3 is 2.72 bits per heavy atom. The van der Waals surface area contributed by atoms with Gasteiger partial charge in [-0.05, 0) is 43.3 Å². The summed E-state index contributed by atoms with van der Waals surface area (Å²) in [6, 6.07) is 0. The van der Waals surface area contributed by atoms with Crippen LogP contribution >= 0.6 is 0 Å². The molecule has 0 aromatic rings. The standard InChI is InChI=1S/C15H22O3/c1-8(2)11-7-12(16)14(4)10-6-5-9(3)13(10)15(11,17)18-14/h7-10,13,17H,5-6H2,1-4H3/t9-,10+,13-,14+,15+/m1/s1. The van der Waals surface area contributed by atoms with Crippen LogP contribution in [0.2, 0.25) is 0 Å². The molecule has 3 aliphatic rings. The highest BCUT2D eigenvalue weighted by Crippen LogP contribution is 2.61. The molecule has 2 heterocycles. The zero-order chi connectivity index (χ0) is 13.3. The third-order valence-electron chi connectivity index (χ3n) is 5.32. The molecular formula is C15H22O3. The summed E-state index contributed by atoms with van der Waals surface area (Å²) in [4.78, 5) is 12.4. The van der Waals surface area contributed by atoms with Gasteiger partial charge in [0.1, 0.15) is 5.60 Å². The number of ketones is 1. The number of carbonyl (C=O) groups excluding carboxylic acids is 1. The van der Waals surface area contributed by atoms with Crippen molar-refractivity contribution in [3.05, 3.63) is 11.6 Å². The van der Waals surface area contributed by atoms with E-state index in [0.29, 0.717) is 5.92 Å². The highest BCUT2D eigenvalue weighted by atomic mass is 16.7. The molecule has 0 aromatic carbocycles. The summed E-state index contributed by atoms with van der Waals surface area (Å²) in [5, 5.41) is 11.0. The Kier molecular flexibility index (Phi) is 2.37. The van der Waals surface area contributed by atoms with Crippen LogP contribution in [0.25, 0.3) is 0 Å². The number of ether oxygens (including phenoxy) is 1. The van der Waals surface area contributed by atoms with Crippen molar-refractivity contribution < 1.29 is 14.6 Å². The lowest BCUT2D eigenvalue weighted by molar-refractivity contribution is -0.222. The Morgan fingerprint density at radius 2 is 2.11 bits per heavy atom. The zero-order valence-corrected chi connectivity index (χ0v) is 11.6. The highest BCUT2D eigenvalue weighted by Gasteiger charge is 2.69. The molecule has 18 heavy (non-hydrogen) atoms. The van der Waals surface area contributed by atoms with Crippen molar-refractivity contribution in [2.24, 2.45) is 23.7 Å². The Balaban J connectivity index is 2.16. The lowest BCUT2D eigenvalue weighted by atomic mass is 9.77. The van der Waals surface area contributed by atoms with Crippen LogP contribution in [0, 0.1) is 23.7 Å². The molecule has 3 nitrogen and oxygen atoms in total. The van der Waals surface area contributed by atoms with Crippen molar-refractivity contribution in [2.75, 3.05) is 0 Å². The van der Waals surface area contributed by atoms with Gasteiger partial charge in [-0.2, -0.15) is 0 Å². The van der Waals surface area contributed by atoms with Crippen molar-refractivity contribution in [3.8, 4) is 0 Å². The smallest absolute Gasteiger partial charge is 0.193 e. The molecule has 2 fully saturated rings. The SMILES string of the molecule is CC(C)C1=CC(=O)[C@@]2(C)O[C@]1(O)[C@@H]1[C@H](C)CC[C@@H]12. The van der Waals surface area contributed by atoms with Gasteiger partial charge < -0.3 is 9.84 Å². The molecule has 0 radical (unpaired) electrons. The van der Waals surface area contributed by atoms with E-state index in [1.165, 1.54) is 0 Å². The first-order valence-corrected chi connectivity index (χ1v) is 6.99.